The van der Waals surface area contributed by atoms with Crippen LogP contribution in [0, 0.1) is 19.7 Å². The van der Waals surface area contributed by atoms with Crippen molar-refractivity contribution in [2.75, 3.05) is 0 Å². The zero-order valence-corrected chi connectivity index (χ0v) is 21.2. The maximum Gasteiger partial charge on any atom is 0.277 e. The molecule has 1 aliphatic carbocycles. The second-order valence-electron chi connectivity index (χ2n) is 10.1. The lowest BCUT2D eigenvalue weighted by molar-refractivity contribution is -0.0507. The molecule has 0 unspecified atom stereocenters. The number of hydrogen-bond acceptors (Lipinski definition) is 5. The standard InChI is InChI=1S/C27H27ClFN5O2/c1-14-8-17(9-25(36-14)18-12-30-33(13-18)20-5-6-20)24-11-22(21-7-4-19(28)10-23(21)29)26-31-16(3)15(2)27(35)34(26)32-24/h4,7,10-14,17,20,25H,5-6,8-9H2,1-3H3/t14-,17-,25+/m1/s1. The van der Waals surface area contributed by atoms with Gasteiger partial charge in [-0.05, 0) is 70.7 Å². The van der Waals surface area contributed by atoms with Gasteiger partial charge in [0, 0.05) is 45.1 Å². The molecule has 0 spiro atoms. The minimum atomic E-state index is -0.472. The fourth-order valence-corrected chi connectivity index (χ4v) is 5.25. The van der Waals surface area contributed by atoms with Gasteiger partial charge >= 0.3 is 0 Å². The molecule has 1 saturated heterocycles. The van der Waals surface area contributed by atoms with E-state index < -0.39 is 5.82 Å². The summed E-state index contributed by atoms with van der Waals surface area (Å²) in [5, 5.41) is 9.59. The van der Waals surface area contributed by atoms with Gasteiger partial charge in [0.2, 0.25) is 0 Å². The van der Waals surface area contributed by atoms with Gasteiger partial charge in [-0.15, -0.1) is 0 Å². The van der Waals surface area contributed by atoms with Gasteiger partial charge in [-0.1, -0.05) is 11.6 Å². The molecule has 0 N–H and O–H groups in total. The molecule has 4 heterocycles. The summed E-state index contributed by atoms with van der Waals surface area (Å²) >= 11 is 6.02. The second kappa shape index (κ2) is 8.78. The minimum Gasteiger partial charge on any atom is -0.370 e. The molecule has 1 saturated carbocycles. The summed E-state index contributed by atoms with van der Waals surface area (Å²) in [6.07, 6.45) is 7.59. The number of rotatable bonds is 4. The lowest BCUT2D eigenvalue weighted by Gasteiger charge is -2.33. The molecular formula is C27H27ClFN5O2. The van der Waals surface area contributed by atoms with Gasteiger partial charge in [-0.25, -0.2) is 9.37 Å². The number of fused-ring (bicyclic) bond motifs is 1. The fraction of sp³-hybridized carbons (Fsp3) is 0.407. The average Bonchev–Trinajstić information content (AvgIpc) is 3.58. The van der Waals surface area contributed by atoms with Crippen molar-refractivity contribution in [1.82, 2.24) is 24.4 Å². The van der Waals surface area contributed by atoms with Crippen LogP contribution in [0.15, 0.2) is 41.5 Å². The predicted octanol–water partition coefficient (Wildman–Crippen LogP) is 5.72. The number of ether oxygens (including phenoxy) is 1. The summed E-state index contributed by atoms with van der Waals surface area (Å²) in [7, 11) is 0. The zero-order valence-electron chi connectivity index (χ0n) is 20.4. The Morgan fingerprint density at radius 1 is 1.14 bits per heavy atom. The third-order valence-electron chi connectivity index (χ3n) is 7.34. The smallest absolute Gasteiger partial charge is 0.277 e. The van der Waals surface area contributed by atoms with E-state index in [9.17, 15) is 4.79 Å². The monoisotopic (exact) mass is 507 g/mol. The van der Waals surface area contributed by atoms with Crippen molar-refractivity contribution in [1.29, 1.82) is 0 Å². The third kappa shape index (κ3) is 4.12. The Bertz CT molecular complexity index is 1540. The van der Waals surface area contributed by atoms with E-state index in [-0.39, 0.29) is 23.7 Å². The van der Waals surface area contributed by atoms with Crippen LogP contribution in [0.3, 0.4) is 0 Å². The van der Waals surface area contributed by atoms with Crippen molar-refractivity contribution < 1.29 is 9.13 Å². The van der Waals surface area contributed by atoms with Crippen LogP contribution in [0.1, 0.15) is 73.2 Å². The molecule has 3 aromatic heterocycles. The van der Waals surface area contributed by atoms with Crippen molar-refractivity contribution in [2.24, 2.45) is 0 Å². The molecule has 3 atom stereocenters. The van der Waals surface area contributed by atoms with E-state index in [4.69, 9.17) is 21.4 Å². The predicted molar refractivity (Wildman–Crippen MR) is 135 cm³/mol. The van der Waals surface area contributed by atoms with Crippen molar-refractivity contribution in [3.8, 4) is 11.1 Å². The molecule has 9 heteroatoms. The second-order valence-corrected chi connectivity index (χ2v) is 10.5. The summed E-state index contributed by atoms with van der Waals surface area (Å²) in [6.45, 7) is 5.56. The Morgan fingerprint density at radius 3 is 2.69 bits per heavy atom. The van der Waals surface area contributed by atoms with Crippen molar-refractivity contribution in [3.63, 3.8) is 0 Å². The topological polar surface area (TPSA) is 74.3 Å². The first-order valence-corrected chi connectivity index (χ1v) is 12.7. The van der Waals surface area contributed by atoms with Gasteiger partial charge in [0.15, 0.2) is 5.65 Å². The van der Waals surface area contributed by atoms with Gasteiger partial charge in [0.25, 0.3) is 5.56 Å². The van der Waals surface area contributed by atoms with E-state index in [1.807, 2.05) is 23.9 Å². The van der Waals surface area contributed by atoms with Crippen LogP contribution in [-0.2, 0) is 4.74 Å². The quantitative estimate of drug-likeness (QED) is 0.353. The van der Waals surface area contributed by atoms with Crippen LogP contribution < -0.4 is 5.56 Å². The SMILES string of the molecule is Cc1nc2c(-c3ccc(Cl)cc3F)cc([C@@H]3C[C@@H](C)O[C@H](c4cnn(C5CC5)c4)C3)nn2c(=O)c1C. The number of aromatic nitrogens is 5. The highest BCUT2D eigenvalue weighted by Crippen LogP contribution is 2.42. The Balaban J connectivity index is 1.47. The Kier molecular flexibility index (Phi) is 5.68. The maximum atomic E-state index is 15.1. The van der Waals surface area contributed by atoms with Gasteiger partial charge in [0.1, 0.15) is 5.82 Å². The number of benzene rings is 1. The van der Waals surface area contributed by atoms with Gasteiger partial charge < -0.3 is 4.74 Å². The van der Waals surface area contributed by atoms with Crippen LogP contribution in [0.2, 0.25) is 5.02 Å². The Hall–Kier alpha value is -3.10. The van der Waals surface area contributed by atoms with E-state index in [0.29, 0.717) is 51.2 Å². The number of halogens is 2. The minimum absolute atomic E-state index is 0.00930. The first-order chi connectivity index (χ1) is 17.3. The van der Waals surface area contributed by atoms with E-state index >= 15 is 4.39 Å². The zero-order chi connectivity index (χ0) is 25.1. The van der Waals surface area contributed by atoms with Crippen LogP contribution in [-0.4, -0.2) is 30.5 Å². The van der Waals surface area contributed by atoms with E-state index in [1.54, 1.807) is 26.0 Å². The lowest BCUT2D eigenvalue weighted by Crippen LogP contribution is -2.28. The van der Waals surface area contributed by atoms with Crippen LogP contribution in [0.5, 0.6) is 0 Å². The fourth-order valence-electron chi connectivity index (χ4n) is 5.09. The molecule has 4 aromatic rings. The van der Waals surface area contributed by atoms with Crippen LogP contribution >= 0.6 is 11.6 Å². The van der Waals surface area contributed by atoms with Gasteiger partial charge in [-0.2, -0.15) is 14.7 Å². The summed E-state index contributed by atoms with van der Waals surface area (Å²) in [6, 6.07) is 6.91. The van der Waals surface area contributed by atoms with Crippen LogP contribution in [0.4, 0.5) is 4.39 Å². The molecular weight excluding hydrogens is 481 g/mol. The molecule has 36 heavy (non-hydrogen) atoms. The maximum absolute atomic E-state index is 15.1. The highest BCUT2D eigenvalue weighted by atomic mass is 35.5. The Morgan fingerprint density at radius 2 is 1.94 bits per heavy atom. The summed E-state index contributed by atoms with van der Waals surface area (Å²) in [5.74, 6) is -0.463. The first-order valence-electron chi connectivity index (χ1n) is 12.3. The number of aryl methyl sites for hydroxylation is 1. The van der Waals surface area contributed by atoms with E-state index in [0.717, 1.165) is 12.0 Å². The van der Waals surface area contributed by atoms with Crippen molar-refractivity contribution in [3.05, 3.63) is 80.4 Å². The third-order valence-corrected chi connectivity index (χ3v) is 7.58. The first kappa shape index (κ1) is 23.3. The lowest BCUT2D eigenvalue weighted by atomic mass is 9.86. The molecule has 0 radical (unpaired) electrons. The summed E-state index contributed by atoms with van der Waals surface area (Å²) < 4.78 is 24.7. The van der Waals surface area contributed by atoms with E-state index in [1.165, 1.54) is 23.4 Å². The van der Waals surface area contributed by atoms with Crippen LogP contribution in [0.25, 0.3) is 16.8 Å². The van der Waals surface area contributed by atoms with Crippen molar-refractivity contribution in [2.45, 2.75) is 70.6 Å². The average molecular weight is 508 g/mol. The van der Waals surface area contributed by atoms with Gasteiger partial charge in [0.05, 0.1) is 30.1 Å². The largest absolute Gasteiger partial charge is 0.370 e. The highest BCUT2D eigenvalue weighted by Gasteiger charge is 2.33. The molecule has 2 fully saturated rings. The van der Waals surface area contributed by atoms with Crippen molar-refractivity contribution >= 4 is 17.2 Å². The Labute approximate surface area is 212 Å². The summed E-state index contributed by atoms with van der Waals surface area (Å²) in [5.41, 5.74) is 3.81. The highest BCUT2D eigenvalue weighted by molar-refractivity contribution is 6.30. The molecule has 1 aromatic carbocycles. The number of nitrogens with zero attached hydrogens (tertiary/aromatic N) is 5. The number of hydrogen-bond donors (Lipinski definition) is 0. The molecule has 6 rings (SSSR count). The normalized spacial score (nSPS) is 22.3. The molecule has 1 aliphatic heterocycles. The van der Waals surface area contributed by atoms with E-state index in [2.05, 4.69) is 16.3 Å². The van der Waals surface area contributed by atoms with Gasteiger partial charge in [-0.3, -0.25) is 9.48 Å². The summed E-state index contributed by atoms with van der Waals surface area (Å²) in [4.78, 5) is 17.9. The molecule has 0 bridgehead atoms. The molecule has 2 aliphatic rings. The molecule has 186 valence electrons. The molecule has 7 nitrogen and oxygen atoms in total. The molecule has 0 amide bonds.